The average Bonchev–Trinajstić information content (AvgIpc) is 2.64. The quantitative estimate of drug-likeness (QED) is 0.631. The highest BCUT2D eigenvalue weighted by molar-refractivity contribution is 5.94. The van der Waals surface area contributed by atoms with Crippen molar-refractivity contribution in [1.82, 2.24) is 10.2 Å². The molecule has 1 amide bonds. The molecule has 1 aliphatic rings. The van der Waals surface area contributed by atoms with Gasteiger partial charge in [0.05, 0.1) is 5.56 Å². The lowest BCUT2D eigenvalue weighted by atomic mass is 10.0. The summed E-state index contributed by atoms with van der Waals surface area (Å²) in [5, 5.41) is 14.2. The van der Waals surface area contributed by atoms with Gasteiger partial charge in [0.15, 0.2) is 12.4 Å². The molecule has 144 valence electrons. The molecule has 0 radical (unpaired) electrons. The van der Waals surface area contributed by atoms with E-state index in [1.54, 1.807) is 12.1 Å². The molecule has 1 fully saturated rings. The Morgan fingerprint density at radius 3 is 2.52 bits per heavy atom. The fourth-order valence-electron chi connectivity index (χ4n) is 3.66. The number of piperidine rings is 1. The summed E-state index contributed by atoms with van der Waals surface area (Å²) in [6, 6.07) is 12.2. The monoisotopic (exact) mass is 367 g/mol. The number of carbonyl (C=O) groups excluding carboxylic acids is 1. The largest absolute Gasteiger partial charge is 0.619 e. The molecule has 27 heavy (non-hydrogen) atoms. The van der Waals surface area contributed by atoms with E-state index in [1.165, 1.54) is 23.5 Å². The Morgan fingerprint density at radius 2 is 1.85 bits per heavy atom. The summed E-state index contributed by atoms with van der Waals surface area (Å²) >= 11 is 0. The lowest BCUT2D eigenvalue weighted by Crippen LogP contribution is -2.47. The number of nitrogens with one attached hydrogen (secondary N) is 1. The molecule has 0 aliphatic carbocycles. The fraction of sp³-hybridized carbons (Fsp3) is 0.455. The average molecular weight is 367 g/mol. The van der Waals surface area contributed by atoms with Gasteiger partial charge in [0, 0.05) is 31.3 Å². The second kappa shape index (κ2) is 9.00. The Hall–Kier alpha value is -2.40. The number of amides is 1. The van der Waals surface area contributed by atoms with Crippen molar-refractivity contribution in [1.29, 1.82) is 0 Å². The predicted octanol–water partition coefficient (Wildman–Crippen LogP) is 2.91. The lowest BCUT2D eigenvalue weighted by molar-refractivity contribution is -0.605. The molecule has 1 unspecified atom stereocenters. The Balaban J connectivity index is 1.53. The zero-order chi connectivity index (χ0) is 19.2. The number of nitrogens with zero attached hydrogens (tertiary/aromatic N) is 2. The van der Waals surface area contributed by atoms with Crippen LogP contribution in [-0.2, 0) is 13.0 Å². The molecular weight excluding hydrogens is 338 g/mol. The fourth-order valence-corrected chi connectivity index (χ4v) is 3.66. The van der Waals surface area contributed by atoms with Crippen LogP contribution in [0.2, 0.25) is 0 Å². The number of hydrogen-bond acceptors (Lipinski definition) is 3. The van der Waals surface area contributed by atoms with Crippen LogP contribution in [0.25, 0.3) is 0 Å². The van der Waals surface area contributed by atoms with Crippen LogP contribution in [0.3, 0.4) is 0 Å². The van der Waals surface area contributed by atoms with Crippen LogP contribution in [0, 0.1) is 11.1 Å². The summed E-state index contributed by atoms with van der Waals surface area (Å²) in [5.74, 6) is 0.561. The standard InChI is InChI=1S/C22H29N3O2/c1-17(2)14-18-5-7-19(8-6-18)15-24-11-3-4-21(16-24)23-22(26)20-9-12-25(27)13-10-20/h5-10,12-13,17,21H,3-4,11,14-16H2,1-2H3,(H,23,26). The number of benzene rings is 1. The topological polar surface area (TPSA) is 59.3 Å². The molecule has 1 aliphatic heterocycles. The van der Waals surface area contributed by atoms with E-state index in [0.717, 1.165) is 38.9 Å². The minimum Gasteiger partial charge on any atom is -0.619 e. The van der Waals surface area contributed by atoms with Crippen LogP contribution >= 0.6 is 0 Å². The molecule has 1 atom stereocenters. The third-order valence-electron chi connectivity index (χ3n) is 4.98. The predicted molar refractivity (Wildman–Crippen MR) is 106 cm³/mol. The second-order valence-corrected chi connectivity index (χ2v) is 7.91. The summed E-state index contributed by atoms with van der Waals surface area (Å²) in [4.78, 5) is 14.8. The molecule has 3 rings (SSSR count). The van der Waals surface area contributed by atoms with Crippen molar-refractivity contribution in [2.75, 3.05) is 13.1 Å². The van der Waals surface area contributed by atoms with Gasteiger partial charge in [-0.2, -0.15) is 4.73 Å². The first-order chi connectivity index (χ1) is 13.0. The Morgan fingerprint density at radius 1 is 1.19 bits per heavy atom. The molecule has 1 N–H and O–H groups in total. The Bertz CT molecular complexity index is 741. The van der Waals surface area contributed by atoms with Crippen LogP contribution in [-0.4, -0.2) is 29.9 Å². The van der Waals surface area contributed by atoms with Gasteiger partial charge in [0.25, 0.3) is 5.91 Å². The molecular formula is C22H29N3O2. The SMILES string of the molecule is CC(C)Cc1ccc(CN2CCCC(NC(=O)c3cc[n+]([O-])cc3)C2)cc1. The van der Waals surface area contributed by atoms with Crippen LogP contribution < -0.4 is 10.0 Å². The Kier molecular flexibility index (Phi) is 6.45. The normalized spacial score (nSPS) is 17.8. The third-order valence-corrected chi connectivity index (χ3v) is 4.98. The van der Waals surface area contributed by atoms with Crippen molar-refractivity contribution in [3.8, 4) is 0 Å². The summed E-state index contributed by atoms with van der Waals surface area (Å²) in [5.41, 5.74) is 3.23. The van der Waals surface area contributed by atoms with Gasteiger partial charge in [-0.25, -0.2) is 0 Å². The first kappa shape index (κ1) is 19.4. The van der Waals surface area contributed by atoms with Gasteiger partial charge in [-0.05, 0) is 42.9 Å². The Labute approximate surface area is 161 Å². The van der Waals surface area contributed by atoms with Gasteiger partial charge < -0.3 is 10.5 Å². The molecule has 1 saturated heterocycles. The van der Waals surface area contributed by atoms with Gasteiger partial charge in [-0.1, -0.05) is 38.1 Å². The highest BCUT2D eigenvalue weighted by Crippen LogP contribution is 2.16. The molecule has 1 aromatic carbocycles. The van der Waals surface area contributed by atoms with Gasteiger partial charge in [-0.15, -0.1) is 0 Å². The minimum absolute atomic E-state index is 0.111. The highest BCUT2D eigenvalue weighted by Gasteiger charge is 2.22. The number of carbonyl (C=O) groups is 1. The number of rotatable bonds is 6. The second-order valence-electron chi connectivity index (χ2n) is 7.91. The van der Waals surface area contributed by atoms with Crippen molar-refractivity contribution in [2.24, 2.45) is 5.92 Å². The summed E-state index contributed by atoms with van der Waals surface area (Å²) in [7, 11) is 0. The molecule has 5 heteroatoms. The van der Waals surface area contributed by atoms with E-state index < -0.39 is 0 Å². The molecule has 0 spiro atoms. The van der Waals surface area contributed by atoms with E-state index in [0.29, 0.717) is 16.2 Å². The van der Waals surface area contributed by atoms with E-state index in [4.69, 9.17) is 0 Å². The van der Waals surface area contributed by atoms with Crippen molar-refractivity contribution in [3.63, 3.8) is 0 Å². The zero-order valence-corrected chi connectivity index (χ0v) is 16.2. The summed E-state index contributed by atoms with van der Waals surface area (Å²) < 4.78 is 0.686. The van der Waals surface area contributed by atoms with Crippen LogP contribution in [0.4, 0.5) is 0 Å². The van der Waals surface area contributed by atoms with E-state index in [2.05, 4.69) is 48.3 Å². The molecule has 2 heterocycles. The maximum absolute atomic E-state index is 12.4. The number of aromatic nitrogens is 1. The van der Waals surface area contributed by atoms with E-state index in [-0.39, 0.29) is 11.9 Å². The van der Waals surface area contributed by atoms with Gasteiger partial charge in [-0.3, -0.25) is 9.69 Å². The first-order valence-corrected chi connectivity index (χ1v) is 9.79. The molecule has 0 saturated carbocycles. The first-order valence-electron chi connectivity index (χ1n) is 9.79. The highest BCUT2D eigenvalue weighted by atomic mass is 16.5. The molecule has 5 nitrogen and oxygen atoms in total. The van der Waals surface area contributed by atoms with Gasteiger partial charge in [0.1, 0.15) is 0 Å². The molecule has 1 aromatic heterocycles. The van der Waals surface area contributed by atoms with Crippen molar-refractivity contribution < 1.29 is 9.52 Å². The van der Waals surface area contributed by atoms with E-state index in [1.807, 2.05) is 0 Å². The van der Waals surface area contributed by atoms with Crippen molar-refractivity contribution in [2.45, 2.75) is 45.7 Å². The number of hydrogen-bond donors (Lipinski definition) is 1. The smallest absolute Gasteiger partial charge is 0.251 e. The maximum atomic E-state index is 12.4. The summed E-state index contributed by atoms with van der Waals surface area (Å²) in [6.45, 7) is 7.30. The molecule has 0 bridgehead atoms. The van der Waals surface area contributed by atoms with Gasteiger partial charge in [0.2, 0.25) is 0 Å². The summed E-state index contributed by atoms with van der Waals surface area (Å²) in [6.07, 6.45) is 5.88. The van der Waals surface area contributed by atoms with Gasteiger partial charge >= 0.3 is 0 Å². The molecule has 2 aromatic rings. The number of likely N-dealkylation sites (tertiary alicyclic amines) is 1. The maximum Gasteiger partial charge on any atom is 0.251 e. The lowest BCUT2D eigenvalue weighted by Gasteiger charge is -2.33. The van der Waals surface area contributed by atoms with Crippen molar-refractivity contribution >= 4 is 5.91 Å². The minimum atomic E-state index is -0.111. The van der Waals surface area contributed by atoms with E-state index >= 15 is 0 Å². The zero-order valence-electron chi connectivity index (χ0n) is 16.2. The van der Waals surface area contributed by atoms with Crippen LogP contribution in [0.1, 0.15) is 48.2 Å². The van der Waals surface area contributed by atoms with Crippen LogP contribution in [0.15, 0.2) is 48.8 Å². The van der Waals surface area contributed by atoms with Crippen LogP contribution in [0.5, 0.6) is 0 Å². The van der Waals surface area contributed by atoms with E-state index in [9.17, 15) is 10.0 Å². The third kappa shape index (κ3) is 5.79. The number of pyridine rings is 1. The van der Waals surface area contributed by atoms with Crippen molar-refractivity contribution in [3.05, 3.63) is 70.7 Å².